The highest BCUT2D eigenvalue weighted by molar-refractivity contribution is 5.70. The van der Waals surface area contributed by atoms with Gasteiger partial charge in [-0.3, -0.25) is 0 Å². The summed E-state index contributed by atoms with van der Waals surface area (Å²) in [5, 5.41) is 8.99. The summed E-state index contributed by atoms with van der Waals surface area (Å²) in [5.41, 5.74) is 2.01. The third kappa shape index (κ3) is 2.07. The van der Waals surface area contributed by atoms with E-state index in [1.54, 1.807) is 0 Å². The predicted molar refractivity (Wildman–Crippen MR) is 78.4 cm³/mol. The Morgan fingerprint density at radius 3 is 2.90 bits per heavy atom. The summed E-state index contributed by atoms with van der Waals surface area (Å²) in [7, 11) is 0. The molecule has 4 nitrogen and oxygen atoms in total. The first kappa shape index (κ1) is 15.0. The van der Waals surface area contributed by atoms with Crippen LogP contribution in [0.25, 0.3) is 0 Å². The number of ether oxygens (including phenoxy) is 2. The van der Waals surface area contributed by atoms with Crippen LogP contribution in [0.3, 0.4) is 0 Å². The minimum absolute atomic E-state index is 0.288. The standard InChI is InChI=1S/C17H25O4/c1-10(2)17-7-12-11(3)5-6-13(12)16(4,21-17)14(8-17)20-15(19)9-18/h7,10,13-14,18H,5-6,8-9H2,1-4H3/t13-,14-,16+,17-/m1/s1. The molecule has 1 radical (unpaired) electrons. The molecule has 0 aromatic rings. The maximum absolute atomic E-state index is 11.6. The third-order valence-electron chi connectivity index (χ3n) is 5.70. The lowest BCUT2D eigenvalue weighted by molar-refractivity contribution is -0.177. The minimum atomic E-state index is -0.572. The number of allylic oxidation sites excluding steroid dienone is 1. The Morgan fingerprint density at radius 1 is 1.57 bits per heavy atom. The van der Waals surface area contributed by atoms with Crippen LogP contribution in [0.15, 0.2) is 11.1 Å². The third-order valence-corrected chi connectivity index (χ3v) is 5.70. The Kier molecular flexibility index (Phi) is 3.45. The molecule has 0 aromatic carbocycles. The Morgan fingerprint density at radius 2 is 2.29 bits per heavy atom. The first-order valence-corrected chi connectivity index (χ1v) is 7.88. The first-order chi connectivity index (χ1) is 9.82. The molecule has 0 unspecified atom stereocenters. The molecule has 21 heavy (non-hydrogen) atoms. The number of hydrogen-bond donors (Lipinski definition) is 1. The van der Waals surface area contributed by atoms with Gasteiger partial charge in [0.2, 0.25) is 0 Å². The number of rotatable bonds is 3. The molecule has 0 amide bonds. The lowest BCUT2D eigenvalue weighted by Crippen LogP contribution is -2.51. The Labute approximate surface area is 126 Å². The molecule has 3 aliphatic rings. The summed E-state index contributed by atoms with van der Waals surface area (Å²) < 4.78 is 12.0. The highest BCUT2D eigenvalue weighted by Gasteiger charge is 2.64. The molecule has 2 saturated heterocycles. The molecule has 2 bridgehead atoms. The maximum Gasteiger partial charge on any atom is 0.332 e. The van der Waals surface area contributed by atoms with Gasteiger partial charge < -0.3 is 14.6 Å². The molecule has 0 aromatic heterocycles. The van der Waals surface area contributed by atoms with Crippen molar-refractivity contribution in [1.29, 1.82) is 0 Å². The Hall–Kier alpha value is -0.870. The number of carbonyl (C=O) groups is 1. The van der Waals surface area contributed by atoms with Gasteiger partial charge in [0.25, 0.3) is 0 Å². The summed E-state index contributed by atoms with van der Waals surface area (Å²) in [5.74, 6) is 0.0522. The van der Waals surface area contributed by atoms with Crippen LogP contribution in [0.1, 0.15) is 47.0 Å². The van der Waals surface area contributed by atoms with E-state index < -0.39 is 18.2 Å². The fourth-order valence-corrected chi connectivity index (χ4v) is 4.31. The molecular formula is C17H25O4. The van der Waals surface area contributed by atoms with Crippen LogP contribution >= 0.6 is 0 Å². The zero-order valence-electron chi connectivity index (χ0n) is 13.3. The van der Waals surface area contributed by atoms with Crippen molar-refractivity contribution in [1.82, 2.24) is 0 Å². The van der Waals surface area contributed by atoms with Crippen LogP contribution in [0.4, 0.5) is 0 Å². The highest BCUT2D eigenvalue weighted by atomic mass is 16.6. The second kappa shape index (κ2) is 4.82. The van der Waals surface area contributed by atoms with Crippen molar-refractivity contribution in [3.63, 3.8) is 0 Å². The van der Waals surface area contributed by atoms with Crippen LogP contribution in [-0.2, 0) is 14.3 Å². The van der Waals surface area contributed by atoms with Crippen LogP contribution < -0.4 is 0 Å². The number of hydrogen-bond acceptors (Lipinski definition) is 4. The van der Waals surface area contributed by atoms with Crippen molar-refractivity contribution in [3.05, 3.63) is 17.6 Å². The van der Waals surface area contributed by atoms with Gasteiger partial charge in [-0.25, -0.2) is 4.79 Å². The van der Waals surface area contributed by atoms with E-state index in [1.165, 1.54) is 11.1 Å². The van der Waals surface area contributed by atoms with E-state index >= 15 is 0 Å². The smallest absolute Gasteiger partial charge is 0.332 e. The first-order valence-electron chi connectivity index (χ1n) is 7.88. The molecular weight excluding hydrogens is 268 g/mol. The normalized spacial score (nSPS) is 41.6. The molecule has 2 aliphatic heterocycles. The second-order valence-electron chi connectivity index (χ2n) is 7.21. The summed E-state index contributed by atoms with van der Waals surface area (Å²) >= 11 is 0. The summed E-state index contributed by atoms with van der Waals surface area (Å²) in [6.45, 7) is 8.00. The van der Waals surface area contributed by atoms with Gasteiger partial charge in [-0.05, 0) is 32.6 Å². The topological polar surface area (TPSA) is 55.8 Å². The quantitative estimate of drug-likeness (QED) is 0.812. The molecule has 0 spiro atoms. The van der Waals surface area contributed by atoms with Crippen molar-refractivity contribution >= 4 is 5.97 Å². The van der Waals surface area contributed by atoms with Gasteiger partial charge in [-0.1, -0.05) is 25.0 Å². The SMILES string of the molecule is CC1=C2[CH][C@]3(C(C)C)C[C@@H](OC(=O)CO)[C@@](C)(O3)[C@@H]2CC1. The number of fused-ring (bicyclic) bond motifs is 4. The summed E-state index contributed by atoms with van der Waals surface area (Å²) in [4.78, 5) is 11.6. The zero-order valence-corrected chi connectivity index (χ0v) is 13.3. The van der Waals surface area contributed by atoms with Crippen LogP contribution in [-0.4, -0.2) is 35.0 Å². The fourth-order valence-electron chi connectivity index (χ4n) is 4.31. The van der Waals surface area contributed by atoms with Gasteiger partial charge in [0.15, 0.2) is 0 Å². The molecule has 4 atom stereocenters. The Bertz CT molecular complexity index is 495. The van der Waals surface area contributed by atoms with Crippen LogP contribution in [0, 0.1) is 18.3 Å². The van der Waals surface area contributed by atoms with Crippen molar-refractivity contribution in [2.75, 3.05) is 6.61 Å². The molecule has 0 saturated carbocycles. The van der Waals surface area contributed by atoms with Crippen molar-refractivity contribution in [2.24, 2.45) is 11.8 Å². The molecule has 4 heteroatoms. The largest absolute Gasteiger partial charge is 0.457 e. The van der Waals surface area contributed by atoms with Gasteiger partial charge in [0, 0.05) is 18.8 Å². The molecule has 3 rings (SSSR count). The molecule has 2 heterocycles. The molecule has 117 valence electrons. The van der Waals surface area contributed by atoms with Crippen molar-refractivity contribution in [3.8, 4) is 0 Å². The van der Waals surface area contributed by atoms with E-state index in [0.717, 1.165) is 12.8 Å². The van der Waals surface area contributed by atoms with Gasteiger partial charge in [0.1, 0.15) is 18.3 Å². The van der Waals surface area contributed by atoms with Crippen LogP contribution in [0.5, 0.6) is 0 Å². The van der Waals surface area contributed by atoms with Gasteiger partial charge in [-0.15, -0.1) is 0 Å². The minimum Gasteiger partial charge on any atom is -0.457 e. The fraction of sp³-hybridized carbons (Fsp3) is 0.765. The average molecular weight is 293 g/mol. The summed E-state index contributed by atoms with van der Waals surface area (Å²) in [6.07, 6.45) is 4.82. The number of esters is 1. The van der Waals surface area contributed by atoms with E-state index in [9.17, 15) is 4.79 Å². The van der Waals surface area contributed by atoms with E-state index in [-0.39, 0.29) is 11.7 Å². The van der Waals surface area contributed by atoms with E-state index in [4.69, 9.17) is 14.6 Å². The molecule has 1 N–H and O–H groups in total. The van der Waals surface area contributed by atoms with Gasteiger partial charge >= 0.3 is 5.97 Å². The Balaban J connectivity index is 1.99. The summed E-state index contributed by atoms with van der Waals surface area (Å²) in [6, 6.07) is 0. The van der Waals surface area contributed by atoms with Crippen molar-refractivity contribution < 1.29 is 19.4 Å². The predicted octanol–water partition coefficient (Wildman–Crippen LogP) is 2.41. The lowest BCUT2D eigenvalue weighted by atomic mass is 9.76. The monoisotopic (exact) mass is 293 g/mol. The average Bonchev–Trinajstić information content (AvgIpc) is 2.90. The highest BCUT2D eigenvalue weighted by Crippen LogP contribution is 2.60. The van der Waals surface area contributed by atoms with E-state index in [2.05, 4.69) is 34.1 Å². The van der Waals surface area contributed by atoms with Crippen LogP contribution in [0.2, 0.25) is 0 Å². The van der Waals surface area contributed by atoms with Gasteiger partial charge in [-0.2, -0.15) is 0 Å². The van der Waals surface area contributed by atoms with E-state index in [1.807, 2.05) is 0 Å². The maximum atomic E-state index is 11.6. The number of aliphatic hydroxyl groups is 1. The zero-order chi connectivity index (χ0) is 15.4. The molecule has 1 aliphatic carbocycles. The lowest BCUT2D eigenvalue weighted by Gasteiger charge is -2.46. The van der Waals surface area contributed by atoms with Gasteiger partial charge in [0.05, 0.1) is 5.60 Å². The second-order valence-corrected chi connectivity index (χ2v) is 7.21. The van der Waals surface area contributed by atoms with Crippen molar-refractivity contribution in [2.45, 2.75) is 64.3 Å². The molecule has 2 fully saturated rings. The number of carbonyl (C=O) groups excluding carboxylic acids is 1. The number of aliphatic hydroxyl groups excluding tert-OH is 1. The van der Waals surface area contributed by atoms with E-state index in [0.29, 0.717) is 18.3 Å².